The summed E-state index contributed by atoms with van der Waals surface area (Å²) in [4.78, 5) is 16.4. The fourth-order valence-electron chi connectivity index (χ4n) is 2.74. The lowest BCUT2D eigenvalue weighted by Gasteiger charge is -2.22. The van der Waals surface area contributed by atoms with Gasteiger partial charge in [-0.05, 0) is 31.9 Å². The molecule has 1 aliphatic rings. The molecule has 136 valence electrons. The van der Waals surface area contributed by atoms with Crippen molar-refractivity contribution in [1.82, 2.24) is 16.0 Å². The lowest BCUT2D eigenvalue weighted by molar-refractivity contribution is -0.121. The Hall–Kier alpha value is -1.25. The van der Waals surface area contributed by atoms with Crippen molar-refractivity contribution in [3.8, 4) is 0 Å². The lowest BCUT2D eigenvalue weighted by Crippen LogP contribution is -2.41. The first-order valence-corrected chi connectivity index (χ1v) is 8.62. The number of nitrogens with zero attached hydrogens (tertiary/aromatic N) is 1. The molecule has 0 aromatic carbocycles. The summed E-state index contributed by atoms with van der Waals surface area (Å²) in [6.45, 7) is 3.84. The molecular formula is C17H29IN4O2. The van der Waals surface area contributed by atoms with E-state index in [0.29, 0.717) is 31.5 Å². The SMILES string of the molecule is CCNC(=NCc1ccco1)NCCC(=O)NC1CCCCC1.I. The molecule has 0 saturated heterocycles. The number of halogens is 1. The van der Waals surface area contributed by atoms with Gasteiger partial charge in [-0.25, -0.2) is 4.99 Å². The predicted octanol–water partition coefficient (Wildman–Crippen LogP) is 2.79. The summed E-state index contributed by atoms with van der Waals surface area (Å²) in [5.41, 5.74) is 0. The molecule has 0 radical (unpaired) electrons. The zero-order valence-corrected chi connectivity index (χ0v) is 16.7. The van der Waals surface area contributed by atoms with Crippen molar-refractivity contribution in [2.24, 2.45) is 4.99 Å². The van der Waals surface area contributed by atoms with Crippen LogP contribution in [0.15, 0.2) is 27.8 Å². The molecule has 1 amide bonds. The molecule has 1 aliphatic carbocycles. The van der Waals surface area contributed by atoms with Gasteiger partial charge in [-0.3, -0.25) is 4.79 Å². The van der Waals surface area contributed by atoms with Crippen LogP contribution in [0.2, 0.25) is 0 Å². The maximum atomic E-state index is 12.0. The van der Waals surface area contributed by atoms with Crippen LogP contribution in [0.25, 0.3) is 0 Å². The van der Waals surface area contributed by atoms with Crippen LogP contribution in [0.5, 0.6) is 0 Å². The fraction of sp³-hybridized carbons (Fsp3) is 0.647. The molecule has 2 rings (SSSR count). The normalized spacial score (nSPS) is 15.5. The van der Waals surface area contributed by atoms with Gasteiger partial charge in [-0.1, -0.05) is 19.3 Å². The number of rotatable bonds is 7. The molecule has 1 aromatic rings. The summed E-state index contributed by atoms with van der Waals surface area (Å²) < 4.78 is 5.26. The van der Waals surface area contributed by atoms with Crippen LogP contribution < -0.4 is 16.0 Å². The second kappa shape index (κ2) is 12.2. The summed E-state index contributed by atoms with van der Waals surface area (Å²) in [6, 6.07) is 4.11. The molecular weight excluding hydrogens is 419 g/mol. The molecule has 0 spiro atoms. The quantitative estimate of drug-likeness (QED) is 0.341. The van der Waals surface area contributed by atoms with Gasteiger partial charge in [0.1, 0.15) is 12.3 Å². The van der Waals surface area contributed by atoms with Gasteiger partial charge >= 0.3 is 0 Å². The van der Waals surface area contributed by atoms with Crippen LogP contribution in [0, 0.1) is 0 Å². The van der Waals surface area contributed by atoms with Gasteiger partial charge in [-0.15, -0.1) is 24.0 Å². The number of guanidine groups is 1. The molecule has 0 aliphatic heterocycles. The zero-order chi connectivity index (χ0) is 16.3. The van der Waals surface area contributed by atoms with E-state index >= 15 is 0 Å². The highest BCUT2D eigenvalue weighted by Crippen LogP contribution is 2.17. The van der Waals surface area contributed by atoms with E-state index in [1.165, 1.54) is 19.3 Å². The summed E-state index contributed by atoms with van der Waals surface area (Å²) >= 11 is 0. The molecule has 1 aromatic heterocycles. The van der Waals surface area contributed by atoms with Crippen molar-refractivity contribution in [1.29, 1.82) is 0 Å². The van der Waals surface area contributed by atoms with Crippen LogP contribution in [-0.2, 0) is 11.3 Å². The van der Waals surface area contributed by atoms with E-state index in [2.05, 4.69) is 20.9 Å². The minimum atomic E-state index is 0. The van der Waals surface area contributed by atoms with Crippen LogP contribution in [0.3, 0.4) is 0 Å². The Morgan fingerprint density at radius 2 is 2.08 bits per heavy atom. The minimum Gasteiger partial charge on any atom is -0.467 e. The maximum absolute atomic E-state index is 12.0. The molecule has 0 bridgehead atoms. The summed E-state index contributed by atoms with van der Waals surface area (Å²) in [6.07, 6.45) is 8.09. The van der Waals surface area contributed by atoms with E-state index in [9.17, 15) is 4.79 Å². The third-order valence-corrected chi connectivity index (χ3v) is 3.93. The molecule has 3 N–H and O–H groups in total. The number of carbonyl (C=O) groups excluding carboxylic acids is 1. The number of amides is 1. The van der Waals surface area contributed by atoms with Crippen molar-refractivity contribution in [2.75, 3.05) is 13.1 Å². The van der Waals surface area contributed by atoms with Gasteiger partial charge in [0.25, 0.3) is 0 Å². The third-order valence-electron chi connectivity index (χ3n) is 3.93. The smallest absolute Gasteiger partial charge is 0.221 e. The lowest BCUT2D eigenvalue weighted by atomic mass is 9.95. The number of hydrogen-bond donors (Lipinski definition) is 3. The number of hydrogen-bond acceptors (Lipinski definition) is 3. The van der Waals surface area contributed by atoms with Crippen molar-refractivity contribution >= 4 is 35.8 Å². The van der Waals surface area contributed by atoms with Gasteiger partial charge < -0.3 is 20.4 Å². The number of carbonyl (C=O) groups is 1. The molecule has 1 saturated carbocycles. The van der Waals surface area contributed by atoms with E-state index in [1.54, 1.807) is 6.26 Å². The fourth-order valence-corrected chi connectivity index (χ4v) is 2.74. The van der Waals surface area contributed by atoms with Crippen LogP contribution in [0.4, 0.5) is 0 Å². The average Bonchev–Trinajstić information content (AvgIpc) is 3.07. The second-order valence-corrected chi connectivity index (χ2v) is 5.85. The van der Waals surface area contributed by atoms with Crippen molar-refractivity contribution < 1.29 is 9.21 Å². The van der Waals surface area contributed by atoms with Crippen molar-refractivity contribution in [3.05, 3.63) is 24.2 Å². The Kier molecular flexibility index (Phi) is 10.5. The third kappa shape index (κ3) is 8.03. The highest BCUT2D eigenvalue weighted by molar-refractivity contribution is 14.0. The van der Waals surface area contributed by atoms with Gasteiger partial charge in [-0.2, -0.15) is 0 Å². The largest absolute Gasteiger partial charge is 0.467 e. The minimum absolute atomic E-state index is 0. The Morgan fingerprint density at radius 3 is 2.75 bits per heavy atom. The predicted molar refractivity (Wildman–Crippen MR) is 107 cm³/mol. The van der Waals surface area contributed by atoms with Gasteiger partial charge in [0.15, 0.2) is 5.96 Å². The van der Waals surface area contributed by atoms with E-state index in [1.807, 2.05) is 19.1 Å². The number of furan rings is 1. The molecule has 7 heteroatoms. The molecule has 0 unspecified atom stereocenters. The van der Waals surface area contributed by atoms with Gasteiger partial charge in [0.05, 0.1) is 6.26 Å². The van der Waals surface area contributed by atoms with Gasteiger partial charge in [0.2, 0.25) is 5.91 Å². The van der Waals surface area contributed by atoms with Crippen molar-refractivity contribution in [3.63, 3.8) is 0 Å². The first-order chi connectivity index (χ1) is 11.3. The van der Waals surface area contributed by atoms with E-state index in [-0.39, 0.29) is 29.9 Å². The van der Waals surface area contributed by atoms with Crippen LogP contribution >= 0.6 is 24.0 Å². The van der Waals surface area contributed by atoms with Crippen LogP contribution in [-0.4, -0.2) is 31.0 Å². The summed E-state index contributed by atoms with van der Waals surface area (Å²) in [5.74, 6) is 1.64. The first kappa shape index (κ1) is 20.8. The Morgan fingerprint density at radius 1 is 1.29 bits per heavy atom. The highest BCUT2D eigenvalue weighted by atomic mass is 127. The molecule has 24 heavy (non-hydrogen) atoms. The summed E-state index contributed by atoms with van der Waals surface area (Å²) in [7, 11) is 0. The number of aliphatic imine (C=N–C) groups is 1. The Balaban J connectivity index is 0.00000288. The first-order valence-electron chi connectivity index (χ1n) is 8.62. The van der Waals surface area contributed by atoms with E-state index < -0.39 is 0 Å². The van der Waals surface area contributed by atoms with Gasteiger partial charge in [0, 0.05) is 25.6 Å². The molecule has 0 atom stereocenters. The van der Waals surface area contributed by atoms with E-state index in [4.69, 9.17) is 4.42 Å². The van der Waals surface area contributed by atoms with E-state index in [0.717, 1.165) is 25.1 Å². The molecule has 1 fully saturated rings. The molecule has 6 nitrogen and oxygen atoms in total. The van der Waals surface area contributed by atoms with Crippen LogP contribution in [0.1, 0.15) is 51.2 Å². The summed E-state index contributed by atoms with van der Waals surface area (Å²) in [5, 5.41) is 9.48. The monoisotopic (exact) mass is 448 g/mol. The zero-order valence-electron chi connectivity index (χ0n) is 14.3. The average molecular weight is 448 g/mol. The number of nitrogens with one attached hydrogen (secondary N) is 3. The van der Waals surface area contributed by atoms with Crippen molar-refractivity contribution in [2.45, 2.75) is 58.0 Å². The maximum Gasteiger partial charge on any atom is 0.221 e. The topological polar surface area (TPSA) is 78.7 Å². The highest BCUT2D eigenvalue weighted by Gasteiger charge is 2.15. The molecule has 1 heterocycles. The Bertz CT molecular complexity index is 485. The standard InChI is InChI=1S/C17H28N4O2.HI/c1-2-18-17(20-13-15-9-6-12-23-15)19-11-10-16(22)21-14-7-4-3-5-8-14;/h6,9,12,14H,2-5,7-8,10-11,13H2,1H3,(H,21,22)(H2,18,19,20);1H. The Labute approximate surface area is 161 Å². The second-order valence-electron chi connectivity index (χ2n) is 5.85.